The van der Waals surface area contributed by atoms with E-state index in [1.165, 1.54) is 19.3 Å². The maximum Gasteiger partial charge on any atom is 0.246 e. The SMILES string of the molecule is CN1C(=O)C=C[C@@]2(C)C1CC[C@@H]1[C@H]2CC[C@]2(C)C(C(=O)c3ccccc3)CC[C@@H]12. The largest absolute Gasteiger partial charge is 0.338 e. The van der Waals surface area contributed by atoms with Crippen molar-refractivity contribution in [3.63, 3.8) is 0 Å². The van der Waals surface area contributed by atoms with Gasteiger partial charge in [-0.15, -0.1) is 0 Å². The Bertz CT molecular complexity index is 861. The van der Waals surface area contributed by atoms with Crippen LogP contribution in [0.3, 0.4) is 0 Å². The molecule has 29 heavy (non-hydrogen) atoms. The highest BCUT2D eigenvalue weighted by Crippen LogP contribution is 2.65. The van der Waals surface area contributed by atoms with Crippen molar-refractivity contribution in [2.45, 2.75) is 58.4 Å². The number of nitrogens with zero attached hydrogens (tertiary/aromatic N) is 1. The molecule has 3 aliphatic carbocycles. The summed E-state index contributed by atoms with van der Waals surface area (Å²) in [7, 11) is 1.98. The van der Waals surface area contributed by atoms with Crippen molar-refractivity contribution in [1.29, 1.82) is 0 Å². The Morgan fingerprint density at radius 2 is 1.76 bits per heavy atom. The summed E-state index contributed by atoms with van der Waals surface area (Å²) in [6.45, 7) is 4.80. The third-order valence-corrected chi connectivity index (χ3v) is 9.50. The van der Waals surface area contributed by atoms with Gasteiger partial charge in [-0.1, -0.05) is 50.3 Å². The molecule has 0 saturated heterocycles. The van der Waals surface area contributed by atoms with Crippen LogP contribution >= 0.6 is 0 Å². The summed E-state index contributed by atoms with van der Waals surface area (Å²) in [4.78, 5) is 27.6. The Kier molecular flexibility index (Phi) is 4.31. The molecule has 1 aromatic rings. The molecule has 3 saturated carbocycles. The Labute approximate surface area is 174 Å². The Balaban J connectivity index is 1.44. The average molecular weight is 392 g/mol. The Morgan fingerprint density at radius 3 is 2.52 bits per heavy atom. The van der Waals surface area contributed by atoms with Crippen molar-refractivity contribution in [1.82, 2.24) is 4.90 Å². The third-order valence-electron chi connectivity index (χ3n) is 9.50. The number of ketones is 1. The van der Waals surface area contributed by atoms with Crippen molar-refractivity contribution in [2.24, 2.45) is 34.5 Å². The van der Waals surface area contributed by atoms with Gasteiger partial charge < -0.3 is 4.90 Å². The summed E-state index contributed by atoms with van der Waals surface area (Å²) in [5.74, 6) is 2.60. The minimum Gasteiger partial charge on any atom is -0.338 e. The summed E-state index contributed by atoms with van der Waals surface area (Å²) in [6.07, 6.45) is 10.9. The van der Waals surface area contributed by atoms with Gasteiger partial charge in [-0.05, 0) is 67.8 Å². The molecule has 3 nitrogen and oxygen atoms in total. The lowest BCUT2D eigenvalue weighted by Crippen LogP contribution is -2.59. The number of carbonyl (C=O) groups is 2. The predicted molar refractivity (Wildman–Crippen MR) is 114 cm³/mol. The van der Waals surface area contributed by atoms with Gasteiger partial charge >= 0.3 is 0 Å². The van der Waals surface area contributed by atoms with Crippen LogP contribution in [0.4, 0.5) is 0 Å². The fourth-order valence-electron chi connectivity index (χ4n) is 7.97. The number of fused-ring (bicyclic) bond motifs is 5. The smallest absolute Gasteiger partial charge is 0.246 e. The monoisotopic (exact) mass is 391 g/mol. The molecule has 1 amide bonds. The summed E-state index contributed by atoms with van der Waals surface area (Å²) < 4.78 is 0. The van der Waals surface area contributed by atoms with Gasteiger partial charge in [-0.3, -0.25) is 9.59 Å². The van der Waals surface area contributed by atoms with E-state index in [0.717, 1.165) is 24.8 Å². The van der Waals surface area contributed by atoms with Crippen LogP contribution in [0.15, 0.2) is 42.5 Å². The second-order valence-corrected chi connectivity index (χ2v) is 10.5. The molecule has 5 rings (SSSR count). The second kappa shape index (κ2) is 6.55. The quantitative estimate of drug-likeness (QED) is 0.656. The molecular weight excluding hydrogens is 358 g/mol. The average Bonchev–Trinajstić information content (AvgIpc) is 3.08. The molecule has 7 atom stereocenters. The van der Waals surface area contributed by atoms with Gasteiger partial charge in [-0.2, -0.15) is 0 Å². The Morgan fingerprint density at radius 1 is 1.00 bits per heavy atom. The molecule has 2 unspecified atom stereocenters. The van der Waals surface area contributed by atoms with Crippen molar-refractivity contribution in [3.05, 3.63) is 48.0 Å². The van der Waals surface area contributed by atoms with Crippen LogP contribution in [0.1, 0.15) is 62.7 Å². The first kappa shape index (κ1) is 19.1. The number of carbonyl (C=O) groups excluding carboxylic acids is 2. The van der Waals surface area contributed by atoms with Crippen molar-refractivity contribution in [3.8, 4) is 0 Å². The lowest BCUT2D eigenvalue weighted by atomic mass is 9.47. The molecule has 0 radical (unpaired) electrons. The predicted octanol–water partition coefficient (Wildman–Crippen LogP) is 5.12. The van der Waals surface area contributed by atoms with Gasteiger partial charge in [0.15, 0.2) is 5.78 Å². The first-order chi connectivity index (χ1) is 13.9. The van der Waals surface area contributed by atoms with Gasteiger partial charge in [0.25, 0.3) is 0 Å². The molecule has 0 aromatic heterocycles. The highest BCUT2D eigenvalue weighted by molar-refractivity contribution is 5.98. The zero-order valence-electron chi connectivity index (χ0n) is 17.9. The molecule has 1 aromatic carbocycles. The zero-order valence-corrected chi connectivity index (χ0v) is 17.9. The lowest BCUT2D eigenvalue weighted by Gasteiger charge is -2.60. The van der Waals surface area contributed by atoms with E-state index in [-0.39, 0.29) is 22.7 Å². The zero-order chi connectivity index (χ0) is 20.4. The van der Waals surface area contributed by atoms with E-state index in [1.807, 2.05) is 48.4 Å². The molecule has 0 bridgehead atoms. The molecule has 0 spiro atoms. The number of rotatable bonds is 2. The Hall–Kier alpha value is -1.90. The van der Waals surface area contributed by atoms with Gasteiger partial charge in [0.1, 0.15) is 0 Å². The first-order valence-electron chi connectivity index (χ1n) is 11.4. The van der Waals surface area contributed by atoms with Crippen molar-refractivity contribution >= 4 is 11.7 Å². The first-order valence-corrected chi connectivity index (χ1v) is 11.4. The number of likely N-dealkylation sites (N-methyl/N-ethyl adjacent to an activating group) is 1. The van der Waals surface area contributed by atoms with Crippen LogP contribution in [-0.4, -0.2) is 29.7 Å². The number of benzene rings is 1. The van der Waals surface area contributed by atoms with Crippen LogP contribution in [0, 0.1) is 34.5 Å². The number of hydrogen-bond acceptors (Lipinski definition) is 2. The number of amides is 1. The van der Waals surface area contributed by atoms with E-state index in [0.29, 0.717) is 29.6 Å². The van der Waals surface area contributed by atoms with Crippen LogP contribution in [0.25, 0.3) is 0 Å². The molecule has 3 fully saturated rings. The number of Topliss-reactive ketones (excluding diaryl/α,β-unsaturated/α-hetero) is 1. The molecule has 4 aliphatic rings. The highest BCUT2D eigenvalue weighted by atomic mass is 16.2. The van der Waals surface area contributed by atoms with Gasteiger partial charge in [0.2, 0.25) is 5.91 Å². The molecule has 1 heterocycles. The topological polar surface area (TPSA) is 37.4 Å². The van der Waals surface area contributed by atoms with Crippen LogP contribution in [0.5, 0.6) is 0 Å². The third kappa shape index (κ3) is 2.62. The van der Waals surface area contributed by atoms with Gasteiger partial charge in [0.05, 0.1) is 0 Å². The van der Waals surface area contributed by atoms with E-state index in [1.54, 1.807) is 0 Å². The van der Waals surface area contributed by atoms with Crippen LogP contribution in [0.2, 0.25) is 0 Å². The standard InChI is InChI=1S/C26H33NO2/c1-25-15-13-20-18(9-12-22-26(20,2)16-14-23(28)27(22)3)19(25)10-11-21(25)24(29)17-7-5-4-6-8-17/h4-8,14,16,18-22H,9-13,15H2,1-3H3/t18-,19-,20+,21?,22?,25-,26+/m0/s1. The van der Waals surface area contributed by atoms with Crippen molar-refractivity contribution < 1.29 is 9.59 Å². The molecule has 0 N–H and O–H groups in total. The summed E-state index contributed by atoms with van der Waals surface area (Å²) in [5, 5.41) is 0. The maximum atomic E-state index is 13.4. The summed E-state index contributed by atoms with van der Waals surface area (Å²) >= 11 is 0. The molecular formula is C26H33NO2. The number of hydrogen-bond donors (Lipinski definition) is 0. The second-order valence-electron chi connectivity index (χ2n) is 10.5. The normalized spacial score (nSPS) is 43.5. The lowest BCUT2D eigenvalue weighted by molar-refractivity contribution is -0.138. The van der Waals surface area contributed by atoms with E-state index >= 15 is 0 Å². The molecule has 3 heteroatoms. The maximum absolute atomic E-state index is 13.4. The van der Waals surface area contributed by atoms with E-state index < -0.39 is 0 Å². The van der Waals surface area contributed by atoms with Crippen molar-refractivity contribution in [2.75, 3.05) is 7.05 Å². The van der Waals surface area contributed by atoms with E-state index in [2.05, 4.69) is 19.9 Å². The minimum atomic E-state index is 0.0778. The fraction of sp³-hybridized carbons (Fsp3) is 0.615. The van der Waals surface area contributed by atoms with Crippen LogP contribution in [-0.2, 0) is 4.79 Å². The van der Waals surface area contributed by atoms with E-state index in [9.17, 15) is 9.59 Å². The molecule has 154 valence electrons. The van der Waals surface area contributed by atoms with Gasteiger partial charge in [-0.25, -0.2) is 0 Å². The van der Waals surface area contributed by atoms with Gasteiger partial charge in [0, 0.05) is 30.0 Å². The fourth-order valence-corrected chi connectivity index (χ4v) is 7.97. The van der Waals surface area contributed by atoms with E-state index in [4.69, 9.17) is 0 Å². The summed E-state index contributed by atoms with van der Waals surface area (Å²) in [6, 6.07) is 10.2. The molecule has 1 aliphatic heterocycles. The highest BCUT2D eigenvalue weighted by Gasteiger charge is 2.61. The van der Waals surface area contributed by atoms with Crippen LogP contribution < -0.4 is 0 Å². The minimum absolute atomic E-state index is 0.0778. The summed E-state index contributed by atoms with van der Waals surface area (Å²) in [5.41, 5.74) is 1.08.